The fraction of sp³-hybridized carbons (Fsp3) is 0.647. The predicted octanol–water partition coefficient (Wildman–Crippen LogP) is 9.90. The molecule has 0 unspecified atom stereocenters. The van der Waals surface area contributed by atoms with E-state index in [9.17, 15) is 0 Å². The number of rotatable bonds is 16. The molecule has 2 aliphatic rings. The molecular formula is C34H50O3. The largest absolute Gasteiger partial charge is 0.494 e. The minimum Gasteiger partial charge on any atom is -0.494 e. The van der Waals surface area contributed by atoms with Crippen LogP contribution in [0.2, 0.25) is 0 Å². The van der Waals surface area contributed by atoms with Crippen molar-refractivity contribution in [2.45, 2.75) is 110 Å². The van der Waals surface area contributed by atoms with Crippen LogP contribution in [-0.4, -0.2) is 19.8 Å². The number of benzene rings is 2. The van der Waals surface area contributed by atoms with Gasteiger partial charge in [-0.15, -0.1) is 0 Å². The second kappa shape index (κ2) is 16.2. The molecule has 2 fully saturated rings. The van der Waals surface area contributed by atoms with Gasteiger partial charge in [0, 0.05) is 11.5 Å². The summed E-state index contributed by atoms with van der Waals surface area (Å²) in [6.07, 6.45) is 20.1. The van der Waals surface area contributed by atoms with Crippen LogP contribution in [0.1, 0.15) is 115 Å². The summed E-state index contributed by atoms with van der Waals surface area (Å²) in [4.78, 5) is 0. The maximum atomic E-state index is 6.08. The molecule has 3 heteroatoms. The van der Waals surface area contributed by atoms with E-state index in [0.29, 0.717) is 5.92 Å². The topological polar surface area (TPSA) is 27.7 Å². The average Bonchev–Trinajstić information content (AvgIpc) is 3.47. The van der Waals surface area contributed by atoms with Crippen LogP contribution in [0.25, 0.3) is 11.1 Å². The second-order valence-corrected chi connectivity index (χ2v) is 11.4. The van der Waals surface area contributed by atoms with Crippen LogP contribution in [-0.2, 0) is 9.47 Å². The Morgan fingerprint density at radius 3 is 1.89 bits per heavy atom. The van der Waals surface area contributed by atoms with E-state index in [1.165, 1.54) is 101 Å². The Hall–Kier alpha value is -1.84. The van der Waals surface area contributed by atoms with Gasteiger partial charge in [0.25, 0.3) is 0 Å². The van der Waals surface area contributed by atoms with E-state index in [0.717, 1.165) is 43.5 Å². The summed E-state index contributed by atoms with van der Waals surface area (Å²) < 4.78 is 18.2. The molecule has 0 N–H and O–H groups in total. The van der Waals surface area contributed by atoms with Crippen LogP contribution < -0.4 is 4.74 Å². The van der Waals surface area contributed by atoms with E-state index in [-0.39, 0.29) is 6.29 Å². The van der Waals surface area contributed by atoms with Gasteiger partial charge in [-0.05, 0) is 42.0 Å². The van der Waals surface area contributed by atoms with Crippen LogP contribution in [0.5, 0.6) is 5.75 Å². The molecule has 0 atom stereocenters. The molecule has 2 aromatic rings. The molecule has 0 amide bonds. The molecule has 2 aromatic carbocycles. The third-order valence-electron chi connectivity index (χ3n) is 8.30. The molecule has 0 spiro atoms. The number of hydrogen-bond donors (Lipinski definition) is 0. The monoisotopic (exact) mass is 506 g/mol. The zero-order valence-corrected chi connectivity index (χ0v) is 23.3. The van der Waals surface area contributed by atoms with Crippen LogP contribution in [0, 0.1) is 11.8 Å². The van der Waals surface area contributed by atoms with Gasteiger partial charge < -0.3 is 14.2 Å². The summed E-state index contributed by atoms with van der Waals surface area (Å²) in [6.45, 7) is 4.71. The molecule has 37 heavy (non-hydrogen) atoms. The van der Waals surface area contributed by atoms with Crippen LogP contribution >= 0.6 is 0 Å². The van der Waals surface area contributed by atoms with E-state index < -0.39 is 0 Å². The molecule has 1 saturated carbocycles. The third-order valence-corrected chi connectivity index (χ3v) is 8.30. The summed E-state index contributed by atoms with van der Waals surface area (Å²) in [5.41, 5.74) is 3.52. The van der Waals surface area contributed by atoms with Gasteiger partial charge in [-0.3, -0.25) is 0 Å². The van der Waals surface area contributed by atoms with Gasteiger partial charge in [-0.2, -0.15) is 0 Å². The Bertz CT molecular complexity index is 846. The Labute approximate surface area is 226 Å². The highest BCUT2D eigenvalue weighted by Gasteiger charge is 2.23. The highest BCUT2D eigenvalue weighted by molar-refractivity contribution is 5.64. The third kappa shape index (κ3) is 9.76. The van der Waals surface area contributed by atoms with Crippen molar-refractivity contribution in [2.24, 2.45) is 11.8 Å². The highest BCUT2D eigenvalue weighted by atomic mass is 16.7. The molecule has 1 aliphatic heterocycles. The van der Waals surface area contributed by atoms with Crippen molar-refractivity contribution in [2.75, 3.05) is 19.8 Å². The van der Waals surface area contributed by atoms with E-state index in [2.05, 4.69) is 55.5 Å². The fourth-order valence-corrected chi connectivity index (χ4v) is 5.89. The minimum atomic E-state index is -0.233. The molecule has 1 saturated heterocycles. The Balaban J connectivity index is 1.12. The molecule has 0 radical (unpaired) electrons. The maximum Gasteiger partial charge on any atom is 0.183 e. The Morgan fingerprint density at radius 1 is 0.649 bits per heavy atom. The molecule has 4 rings (SSSR count). The lowest BCUT2D eigenvalue weighted by molar-refractivity contribution is -0.206. The number of hydrogen-bond acceptors (Lipinski definition) is 3. The molecule has 3 nitrogen and oxygen atoms in total. The number of unbranched alkanes of at least 4 members (excludes halogenated alkanes) is 7. The molecular weight excluding hydrogens is 456 g/mol. The lowest BCUT2D eigenvalue weighted by Crippen LogP contribution is -2.27. The van der Waals surface area contributed by atoms with Crippen molar-refractivity contribution in [1.29, 1.82) is 0 Å². The smallest absolute Gasteiger partial charge is 0.183 e. The van der Waals surface area contributed by atoms with Crippen molar-refractivity contribution in [1.82, 2.24) is 0 Å². The number of ether oxygens (including phenoxy) is 3. The lowest BCUT2D eigenvalue weighted by atomic mass is 10.00. The fourth-order valence-electron chi connectivity index (χ4n) is 5.89. The van der Waals surface area contributed by atoms with Crippen LogP contribution in [0.3, 0.4) is 0 Å². The zero-order chi connectivity index (χ0) is 25.5. The summed E-state index contributed by atoms with van der Waals surface area (Å²) >= 11 is 0. The molecule has 1 heterocycles. The summed E-state index contributed by atoms with van der Waals surface area (Å²) in [5.74, 6) is 2.52. The van der Waals surface area contributed by atoms with Gasteiger partial charge >= 0.3 is 0 Å². The standard InChI is InChI=1S/C34H50O3/c1-2-3-4-5-6-8-16-29-26-36-34(37-27-29)32-19-17-30(18-20-32)31-21-23-33(24-22-31)35-25-12-7-9-13-28-14-10-11-15-28/h17-24,28-29,34H,2-16,25-27H2,1H3/t29-,34-. The summed E-state index contributed by atoms with van der Waals surface area (Å²) in [7, 11) is 0. The van der Waals surface area contributed by atoms with Crippen LogP contribution in [0.4, 0.5) is 0 Å². The van der Waals surface area contributed by atoms with Crippen molar-refractivity contribution in [3.05, 3.63) is 54.1 Å². The maximum absolute atomic E-state index is 6.08. The predicted molar refractivity (Wildman–Crippen MR) is 154 cm³/mol. The van der Waals surface area contributed by atoms with E-state index in [1.54, 1.807) is 0 Å². The van der Waals surface area contributed by atoms with Crippen molar-refractivity contribution >= 4 is 0 Å². The first-order valence-corrected chi connectivity index (χ1v) is 15.4. The molecule has 0 aromatic heterocycles. The van der Waals surface area contributed by atoms with Crippen molar-refractivity contribution < 1.29 is 14.2 Å². The normalized spacial score (nSPS) is 20.4. The van der Waals surface area contributed by atoms with E-state index in [1.807, 2.05) is 0 Å². The lowest BCUT2D eigenvalue weighted by Gasteiger charge is -2.29. The molecule has 0 bridgehead atoms. The first-order chi connectivity index (χ1) is 18.3. The zero-order valence-electron chi connectivity index (χ0n) is 23.3. The van der Waals surface area contributed by atoms with E-state index >= 15 is 0 Å². The van der Waals surface area contributed by atoms with Gasteiger partial charge in [0.1, 0.15) is 5.75 Å². The SMILES string of the molecule is CCCCCCCC[C@H]1CO[C@H](c2ccc(-c3ccc(OCCCCCC4CCCC4)cc3)cc2)OC1. The molecule has 1 aliphatic carbocycles. The van der Waals surface area contributed by atoms with Crippen LogP contribution in [0.15, 0.2) is 48.5 Å². The quantitative estimate of drug-likeness (QED) is 0.212. The van der Waals surface area contributed by atoms with Crippen molar-refractivity contribution in [3.8, 4) is 16.9 Å². The van der Waals surface area contributed by atoms with Gasteiger partial charge in [-0.25, -0.2) is 0 Å². The summed E-state index contributed by atoms with van der Waals surface area (Å²) in [6, 6.07) is 17.1. The minimum absolute atomic E-state index is 0.233. The first kappa shape index (κ1) is 28.2. The second-order valence-electron chi connectivity index (χ2n) is 11.4. The highest BCUT2D eigenvalue weighted by Crippen LogP contribution is 2.31. The van der Waals surface area contributed by atoms with Gasteiger partial charge in [0.15, 0.2) is 6.29 Å². The van der Waals surface area contributed by atoms with Gasteiger partial charge in [-0.1, -0.05) is 127 Å². The Morgan fingerprint density at radius 2 is 1.22 bits per heavy atom. The van der Waals surface area contributed by atoms with Crippen molar-refractivity contribution in [3.63, 3.8) is 0 Å². The van der Waals surface area contributed by atoms with Gasteiger partial charge in [0.2, 0.25) is 0 Å². The average molecular weight is 507 g/mol. The first-order valence-electron chi connectivity index (χ1n) is 15.4. The van der Waals surface area contributed by atoms with E-state index in [4.69, 9.17) is 14.2 Å². The molecule has 204 valence electrons. The summed E-state index contributed by atoms with van der Waals surface area (Å²) in [5, 5.41) is 0. The van der Waals surface area contributed by atoms with Gasteiger partial charge in [0.05, 0.1) is 19.8 Å². The Kier molecular flexibility index (Phi) is 12.3.